The number of rotatable bonds is 3. The Morgan fingerprint density at radius 1 is 1.30 bits per heavy atom. The molecule has 5 heteroatoms. The molecule has 1 saturated heterocycles. The van der Waals surface area contributed by atoms with Gasteiger partial charge in [-0.3, -0.25) is 4.98 Å². The van der Waals surface area contributed by atoms with E-state index in [0.29, 0.717) is 11.5 Å². The number of nitrogens with zero attached hydrogens (tertiary/aromatic N) is 4. The van der Waals surface area contributed by atoms with E-state index >= 15 is 0 Å². The number of fused-ring (bicyclic) bond motifs is 1. The van der Waals surface area contributed by atoms with Crippen LogP contribution in [-0.2, 0) is 0 Å². The summed E-state index contributed by atoms with van der Waals surface area (Å²) in [5.41, 5.74) is 3.36. The van der Waals surface area contributed by atoms with Crippen LogP contribution in [0.25, 0.3) is 16.6 Å². The van der Waals surface area contributed by atoms with Gasteiger partial charge in [0.2, 0.25) is 6.35 Å². The molecule has 0 bridgehead atoms. The second-order valence-electron chi connectivity index (χ2n) is 8.08. The number of pyridine rings is 1. The highest BCUT2D eigenvalue weighted by molar-refractivity contribution is 6.03. The fourth-order valence-corrected chi connectivity index (χ4v) is 3.39. The van der Waals surface area contributed by atoms with Crippen molar-refractivity contribution >= 4 is 22.4 Å². The van der Waals surface area contributed by atoms with Crippen molar-refractivity contribution in [2.24, 2.45) is 10.4 Å². The highest BCUT2D eigenvalue weighted by atomic mass is 16.3. The van der Waals surface area contributed by atoms with Gasteiger partial charge < -0.3 is 14.9 Å². The largest absolute Gasteiger partial charge is 0.356 e. The zero-order valence-corrected chi connectivity index (χ0v) is 16.8. The lowest BCUT2D eigenvalue weighted by molar-refractivity contribution is -0.0394. The summed E-state index contributed by atoms with van der Waals surface area (Å²) >= 11 is 0. The lowest BCUT2D eigenvalue weighted by Crippen LogP contribution is -2.40. The van der Waals surface area contributed by atoms with E-state index in [9.17, 15) is 5.11 Å². The quantitative estimate of drug-likeness (QED) is 0.892. The average molecular weight is 364 g/mol. The number of amidine groups is 1. The van der Waals surface area contributed by atoms with Crippen LogP contribution in [0.15, 0.2) is 59.9 Å². The van der Waals surface area contributed by atoms with Gasteiger partial charge in [0.25, 0.3) is 0 Å². The molecule has 142 valence electrons. The maximum atomic E-state index is 10.7. The summed E-state index contributed by atoms with van der Waals surface area (Å²) in [4.78, 5) is 13.1. The molecule has 27 heavy (non-hydrogen) atoms. The number of aliphatic hydroxyl groups is 1. The molecule has 3 rings (SSSR count). The number of aliphatic hydroxyl groups excluding tert-OH is 1. The third-order valence-electron chi connectivity index (χ3n) is 4.60. The van der Waals surface area contributed by atoms with Gasteiger partial charge in [-0.2, -0.15) is 0 Å². The first kappa shape index (κ1) is 19.1. The number of aromatic nitrogens is 1. The number of para-hydroxylation sites is 1. The van der Waals surface area contributed by atoms with Crippen molar-refractivity contribution in [3.8, 4) is 0 Å². The molecule has 0 spiro atoms. The number of benzene rings is 1. The number of hydrogen-bond acceptors (Lipinski definition) is 4. The molecule has 1 aromatic heterocycles. The molecule has 1 fully saturated rings. The Labute approximate surface area is 161 Å². The maximum absolute atomic E-state index is 10.7. The second-order valence-corrected chi connectivity index (χ2v) is 8.08. The predicted octanol–water partition coefficient (Wildman–Crippen LogP) is 4.08. The van der Waals surface area contributed by atoms with Gasteiger partial charge in [0.15, 0.2) is 5.84 Å². The molecule has 1 N–H and O–H groups in total. The third kappa shape index (κ3) is 3.74. The normalized spacial score (nSPS) is 20.9. The molecule has 2 aromatic rings. The van der Waals surface area contributed by atoms with Crippen LogP contribution in [0.4, 0.5) is 0 Å². The van der Waals surface area contributed by atoms with E-state index in [4.69, 9.17) is 4.99 Å². The van der Waals surface area contributed by atoms with Gasteiger partial charge in [0, 0.05) is 30.7 Å². The average Bonchev–Trinajstić information content (AvgIpc) is 2.84. The molecule has 0 radical (unpaired) electrons. The van der Waals surface area contributed by atoms with Crippen molar-refractivity contribution in [2.45, 2.75) is 34.0 Å². The molecule has 5 nitrogen and oxygen atoms in total. The highest BCUT2D eigenvalue weighted by Gasteiger charge is 2.38. The monoisotopic (exact) mass is 364 g/mol. The summed E-state index contributed by atoms with van der Waals surface area (Å²) in [5.74, 6) is 0.715. The summed E-state index contributed by atoms with van der Waals surface area (Å²) in [6, 6.07) is 9.94. The first-order valence-electron chi connectivity index (χ1n) is 9.19. The van der Waals surface area contributed by atoms with E-state index in [1.54, 1.807) is 11.1 Å². The number of hydrogen-bond donors (Lipinski definition) is 1. The Hall–Kier alpha value is -2.66. The van der Waals surface area contributed by atoms with E-state index < -0.39 is 6.35 Å². The number of allylic oxidation sites excluding steroid dienone is 1. The van der Waals surface area contributed by atoms with E-state index in [1.165, 1.54) is 0 Å². The number of aliphatic imine (C=N–C) groups is 1. The standard InChI is InChI=1S/C22H28N4O/c1-7-18-20(25(6)21(27)26(18)14-22(3,4)5)24-15(2)17-12-8-10-16-11-9-13-23-19(16)17/h7-13,21,27H,2,14H2,1,3-6H3. The molecular formula is C22H28N4O. The Balaban J connectivity index is 2.01. The summed E-state index contributed by atoms with van der Waals surface area (Å²) in [7, 11) is 1.85. The summed E-state index contributed by atoms with van der Waals surface area (Å²) in [5, 5.41) is 11.8. The first-order valence-corrected chi connectivity index (χ1v) is 9.19. The summed E-state index contributed by atoms with van der Waals surface area (Å²) in [6.07, 6.45) is 3.03. The van der Waals surface area contributed by atoms with Crippen molar-refractivity contribution < 1.29 is 5.11 Å². The van der Waals surface area contributed by atoms with E-state index in [2.05, 4.69) is 32.3 Å². The van der Waals surface area contributed by atoms with E-state index in [1.807, 2.05) is 55.3 Å². The highest BCUT2D eigenvalue weighted by Crippen LogP contribution is 2.30. The molecule has 1 unspecified atom stereocenters. The van der Waals surface area contributed by atoms with Crippen LogP contribution < -0.4 is 0 Å². The van der Waals surface area contributed by atoms with Crippen LogP contribution in [0.2, 0.25) is 0 Å². The van der Waals surface area contributed by atoms with Gasteiger partial charge in [0.05, 0.1) is 16.9 Å². The van der Waals surface area contributed by atoms with Crippen molar-refractivity contribution in [3.05, 3.63) is 60.4 Å². The van der Waals surface area contributed by atoms with Crippen LogP contribution in [-0.4, -0.2) is 45.7 Å². The fraction of sp³-hybridized carbons (Fsp3) is 0.364. The molecule has 0 amide bonds. The molecule has 0 aliphatic carbocycles. The Kier molecular flexibility index (Phi) is 5.07. The van der Waals surface area contributed by atoms with Gasteiger partial charge in [-0.05, 0) is 18.4 Å². The smallest absolute Gasteiger partial charge is 0.208 e. The van der Waals surface area contributed by atoms with Gasteiger partial charge in [-0.1, -0.05) is 57.7 Å². The maximum Gasteiger partial charge on any atom is 0.208 e. The van der Waals surface area contributed by atoms with Gasteiger partial charge >= 0.3 is 0 Å². The second kappa shape index (κ2) is 7.16. The Morgan fingerprint density at radius 3 is 2.67 bits per heavy atom. The zero-order valence-electron chi connectivity index (χ0n) is 16.8. The fourth-order valence-electron chi connectivity index (χ4n) is 3.39. The topological polar surface area (TPSA) is 52.0 Å². The minimum atomic E-state index is -0.743. The Morgan fingerprint density at radius 2 is 2.00 bits per heavy atom. The van der Waals surface area contributed by atoms with Crippen LogP contribution in [0.3, 0.4) is 0 Å². The predicted molar refractivity (Wildman–Crippen MR) is 112 cm³/mol. The van der Waals surface area contributed by atoms with Crippen LogP contribution >= 0.6 is 0 Å². The first-order chi connectivity index (χ1) is 12.7. The van der Waals surface area contributed by atoms with Crippen molar-refractivity contribution in [2.75, 3.05) is 13.6 Å². The summed E-state index contributed by atoms with van der Waals surface area (Å²) in [6.45, 7) is 13.3. The van der Waals surface area contributed by atoms with Crippen LogP contribution in [0.5, 0.6) is 0 Å². The Bertz CT molecular complexity index is 918. The van der Waals surface area contributed by atoms with Gasteiger partial charge in [0.1, 0.15) is 0 Å². The molecule has 1 aliphatic rings. The van der Waals surface area contributed by atoms with E-state index in [-0.39, 0.29) is 5.41 Å². The minimum Gasteiger partial charge on any atom is -0.356 e. The molecule has 1 aromatic carbocycles. The van der Waals surface area contributed by atoms with Crippen molar-refractivity contribution in [3.63, 3.8) is 0 Å². The molecule has 0 saturated carbocycles. The lowest BCUT2D eigenvalue weighted by Gasteiger charge is -2.31. The third-order valence-corrected chi connectivity index (χ3v) is 4.60. The van der Waals surface area contributed by atoms with Gasteiger partial charge in [-0.25, -0.2) is 4.99 Å². The van der Waals surface area contributed by atoms with E-state index in [0.717, 1.165) is 28.7 Å². The SMILES string of the molecule is C=C(N=C1C(=CC)N(CC(C)(C)C)C(O)N1C)c1cccc2cccnc12. The number of likely N-dealkylation sites (N-methyl/N-ethyl adjacent to an activating group) is 1. The zero-order chi connectivity index (χ0) is 19.8. The molecule has 2 heterocycles. The lowest BCUT2D eigenvalue weighted by atomic mass is 9.96. The molecule has 1 aliphatic heterocycles. The summed E-state index contributed by atoms with van der Waals surface area (Å²) < 4.78 is 0. The van der Waals surface area contributed by atoms with Gasteiger partial charge in [-0.15, -0.1) is 0 Å². The molecular weight excluding hydrogens is 336 g/mol. The van der Waals surface area contributed by atoms with Crippen LogP contribution in [0.1, 0.15) is 33.3 Å². The van der Waals surface area contributed by atoms with Crippen LogP contribution in [0, 0.1) is 5.41 Å². The van der Waals surface area contributed by atoms with Crippen molar-refractivity contribution in [1.82, 2.24) is 14.8 Å². The minimum absolute atomic E-state index is 0.0437. The van der Waals surface area contributed by atoms with Crippen molar-refractivity contribution in [1.29, 1.82) is 0 Å². The molecule has 1 atom stereocenters.